The number of halogens is 6. The third-order valence-electron chi connectivity index (χ3n) is 6.93. The molecule has 12 heteroatoms. The Kier molecular flexibility index (Phi) is 9.14. The lowest BCUT2D eigenvalue weighted by Crippen LogP contribution is -2.34. The summed E-state index contributed by atoms with van der Waals surface area (Å²) in [5.41, 5.74) is -0.310. The number of carbonyl (C=O) groups is 2. The number of hydrogen-bond acceptors (Lipinski definition) is 3. The molecule has 1 amide bonds. The molecule has 1 N–H and O–H groups in total. The van der Waals surface area contributed by atoms with Gasteiger partial charge in [0.2, 0.25) is 0 Å². The first-order valence-electron chi connectivity index (χ1n) is 12.3. The van der Waals surface area contributed by atoms with Crippen LogP contribution in [0.4, 0.5) is 13.2 Å². The van der Waals surface area contributed by atoms with Gasteiger partial charge in [-0.3, -0.25) is 14.3 Å². The SMILES string of the molecule is O=C(c1cnn([C@H]2CC[C@H](C(=O)O)CC2)c1C(F)(F)F)N(CCc1ccc(Cl)cc1Cl)Cc1ccc(Cl)cc1. The first-order chi connectivity index (χ1) is 18.4. The van der Waals surface area contributed by atoms with Crippen molar-refractivity contribution in [3.63, 3.8) is 0 Å². The first-order valence-corrected chi connectivity index (χ1v) is 13.4. The van der Waals surface area contributed by atoms with Gasteiger partial charge in [-0.25, -0.2) is 0 Å². The highest BCUT2D eigenvalue weighted by atomic mass is 35.5. The topological polar surface area (TPSA) is 75.4 Å². The number of carboxylic acids is 1. The van der Waals surface area contributed by atoms with Crippen molar-refractivity contribution in [2.24, 2.45) is 5.92 Å². The molecule has 1 aliphatic rings. The summed E-state index contributed by atoms with van der Waals surface area (Å²) in [5.74, 6) is -2.38. The number of amides is 1. The monoisotopic (exact) mass is 601 g/mol. The summed E-state index contributed by atoms with van der Waals surface area (Å²) in [6.45, 7) is 0.114. The van der Waals surface area contributed by atoms with E-state index >= 15 is 0 Å². The van der Waals surface area contributed by atoms with Crippen molar-refractivity contribution in [2.45, 2.75) is 50.9 Å². The molecular weight excluding hydrogens is 578 g/mol. The molecule has 0 unspecified atom stereocenters. The molecule has 0 bridgehead atoms. The summed E-state index contributed by atoms with van der Waals surface area (Å²) < 4.78 is 44.0. The van der Waals surface area contributed by atoms with Crippen molar-refractivity contribution in [2.75, 3.05) is 6.54 Å². The van der Waals surface area contributed by atoms with Gasteiger partial charge in [-0.1, -0.05) is 53.0 Å². The molecule has 2 aromatic carbocycles. The molecule has 0 saturated heterocycles. The van der Waals surface area contributed by atoms with E-state index in [4.69, 9.17) is 34.8 Å². The summed E-state index contributed by atoms with van der Waals surface area (Å²) in [5, 5.41) is 14.6. The minimum absolute atomic E-state index is 0.0351. The standard InChI is InChI=1S/C27H25Cl3F3N3O3/c28-19-6-1-16(2-7-19)15-35(12-11-17-3-8-20(29)13-23(17)30)25(37)22-14-34-36(24(22)27(31,32)33)21-9-4-18(5-10-21)26(38)39/h1-3,6-8,13-14,18,21H,4-5,9-12,15H2,(H,38,39)/t18-,21-. The van der Waals surface area contributed by atoms with Crippen LogP contribution < -0.4 is 0 Å². The van der Waals surface area contributed by atoms with Crippen molar-refractivity contribution < 1.29 is 27.9 Å². The number of carboxylic acid groups (broad SMARTS) is 1. The molecule has 1 fully saturated rings. The molecule has 0 aliphatic heterocycles. The number of benzene rings is 2. The maximum absolute atomic E-state index is 14.4. The fraction of sp³-hybridized carbons (Fsp3) is 0.370. The lowest BCUT2D eigenvalue weighted by atomic mass is 9.86. The van der Waals surface area contributed by atoms with Crippen molar-refractivity contribution in [3.8, 4) is 0 Å². The Bertz CT molecular complexity index is 1340. The Hall–Kier alpha value is -2.75. The predicted molar refractivity (Wildman–Crippen MR) is 142 cm³/mol. The second-order valence-electron chi connectivity index (χ2n) is 9.53. The van der Waals surface area contributed by atoms with Crippen molar-refractivity contribution in [1.29, 1.82) is 0 Å². The van der Waals surface area contributed by atoms with Gasteiger partial charge >= 0.3 is 12.1 Å². The number of rotatable bonds is 8. The highest BCUT2D eigenvalue weighted by Gasteiger charge is 2.43. The van der Waals surface area contributed by atoms with Crippen molar-refractivity contribution in [1.82, 2.24) is 14.7 Å². The largest absolute Gasteiger partial charge is 0.481 e. The fourth-order valence-corrected chi connectivity index (χ4v) is 5.49. The molecule has 3 aromatic rings. The molecule has 0 atom stereocenters. The summed E-state index contributed by atoms with van der Waals surface area (Å²) in [6.07, 6.45) is -2.69. The van der Waals surface area contributed by atoms with Gasteiger partial charge < -0.3 is 10.0 Å². The normalized spacial score (nSPS) is 17.7. The quantitative estimate of drug-likeness (QED) is 0.289. The number of alkyl halides is 3. The molecule has 4 rings (SSSR count). The maximum Gasteiger partial charge on any atom is 0.433 e. The molecule has 1 aliphatic carbocycles. The van der Waals surface area contributed by atoms with Gasteiger partial charge in [-0.05, 0) is 67.5 Å². The average Bonchev–Trinajstić information content (AvgIpc) is 3.34. The lowest BCUT2D eigenvalue weighted by Gasteiger charge is -2.28. The Morgan fingerprint density at radius 3 is 2.23 bits per heavy atom. The molecule has 1 aromatic heterocycles. The van der Waals surface area contributed by atoms with Crippen LogP contribution in [0.5, 0.6) is 0 Å². The van der Waals surface area contributed by atoms with E-state index < -0.39 is 41.3 Å². The zero-order valence-corrected chi connectivity index (χ0v) is 22.9. The zero-order valence-electron chi connectivity index (χ0n) is 20.6. The molecule has 208 valence electrons. The highest BCUT2D eigenvalue weighted by molar-refractivity contribution is 6.35. The second kappa shape index (κ2) is 12.2. The van der Waals surface area contributed by atoms with Gasteiger partial charge in [-0.15, -0.1) is 0 Å². The van der Waals surface area contributed by atoms with Crippen LogP contribution in [0.3, 0.4) is 0 Å². The lowest BCUT2D eigenvalue weighted by molar-refractivity contribution is -0.147. The van der Waals surface area contributed by atoms with Gasteiger partial charge in [0, 0.05) is 28.2 Å². The maximum atomic E-state index is 14.4. The van der Waals surface area contributed by atoms with E-state index in [1.54, 1.807) is 42.5 Å². The number of carbonyl (C=O) groups excluding carboxylic acids is 1. The minimum atomic E-state index is -4.85. The number of aliphatic carboxylic acids is 1. The Balaban J connectivity index is 1.64. The van der Waals surface area contributed by atoms with Gasteiger partial charge in [-0.2, -0.15) is 18.3 Å². The Morgan fingerprint density at radius 2 is 1.64 bits per heavy atom. The van der Waals surface area contributed by atoms with Gasteiger partial charge in [0.15, 0.2) is 5.69 Å². The summed E-state index contributed by atoms with van der Waals surface area (Å²) in [6, 6.07) is 11.0. The van der Waals surface area contributed by atoms with E-state index in [-0.39, 0.29) is 45.2 Å². The van der Waals surface area contributed by atoms with E-state index in [0.29, 0.717) is 26.2 Å². The van der Waals surface area contributed by atoms with Gasteiger partial charge in [0.05, 0.1) is 23.7 Å². The number of nitrogens with zero attached hydrogens (tertiary/aromatic N) is 3. The van der Waals surface area contributed by atoms with Crippen molar-refractivity contribution >= 4 is 46.7 Å². The van der Waals surface area contributed by atoms with Crippen LogP contribution >= 0.6 is 34.8 Å². The van der Waals surface area contributed by atoms with E-state index in [1.165, 1.54) is 4.90 Å². The van der Waals surface area contributed by atoms with Crippen LogP contribution in [-0.2, 0) is 23.9 Å². The number of aromatic nitrogens is 2. The predicted octanol–water partition coefficient (Wildman–Crippen LogP) is 7.56. The molecule has 0 spiro atoms. The van der Waals surface area contributed by atoms with Crippen LogP contribution in [-0.4, -0.2) is 38.2 Å². The molecule has 1 heterocycles. The van der Waals surface area contributed by atoms with Gasteiger partial charge in [0.1, 0.15) is 0 Å². The van der Waals surface area contributed by atoms with E-state index in [2.05, 4.69) is 5.10 Å². The van der Waals surface area contributed by atoms with Crippen molar-refractivity contribution in [3.05, 3.63) is 86.1 Å². The highest BCUT2D eigenvalue weighted by Crippen LogP contribution is 2.39. The minimum Gasteiger partial charge on any atom is -0.481 e. The molecule has 0 radical (unpaired) electrons. The molecule has 6 nitrogen and oxygen atoms in total. The summed E-state index contributed by atoms with van der Waals surface area (Å²) >= 11 is 18.2. The van der Waals surface area contributed by atoms with E-state index in [0.717, 1.165) is 10.9 Å². The first kappa shape index (κ1) is 29.2. The van der Waals surface area contributed by atoms with Crippen LogP contribution in [0.1, 0.15) is 58.9 Å². The van der Waals surface area contributed by atoms with Crippen LogP contribution in [0.25, 0.3) is 0 Å². The molecule has 1 saturated carbocycles. The zero-order chi connectivity index (χ0) is 28.3. The summed E-state index contributed by atoms with van der Waals surface area (Å²) in [4.78, 5) is 26.3. The van der Waals surface area contributed by atoms with Crippen LogP contribution in [0, 0.1) is 5.92 Å². The van der Waals surface area contributed by atoms with Crippen LogP contribution in [0.15, 0.2) is 48.7 Å². The fourth-order valence-electron chi connectivity index (χ4n) is 4.86. The average molecular weight is 603 g/mol. The molecular formula is C27H25Cl3F3N3O3. The third kappa shape index (κ3) is 7.07. The second-order valence-corrected chi connectivity index (χ2v) is 10.8. The molecule has 39 heavy (non-hydrogen) atoms. The van der Waals surface area contributed by atoms with Crippen LogP contribution in [0.2, 0.25) is 15.1 Å². The Morgan fingerprint density at radius 1 is 1.00 bits per heavy atom. The summed E-state index contributed by atoms with van der Waals surface area (Å²) in [7, 11) is 0. The van der Waals surface area contributed by atoms with Gasteiger partial charge in [0.25, 0.3) is 5.91 Å². The number of hydrogen-bond donors (Lipinski definition) is 1. The van der Waals surface area contributed by atoms with E-state index in [9.17, 15) is 27.9 Å². The third-order valence-corrected chi connectivity index (χ3v) is 7.77. The smallest absolute Gasteiger partial charge is 0.433 e. The Labute approximate surface area is 238 Å². The van der Waals surface area contributed by atoms with E-state index in [1.807, 2.05) is 0 Å².